The summed E-state index contributed by atoms with van der Waals surface area (Å²) in [6.07, 6.45) is 0.350. The molecule has 6 heteroatoms. The van der Waals surface area contributed by atoms with Gasteiger partial charge >= 0.3 is 6.03 Å². The zero-order valence-electron chi connectivity index (χ0n) is 11.5. The molecule has 0 bridgehead atoms. The molecular weight excluding hydrogens is 327 g/mol. The number of hydrogen-bond acceptors (Lipinski definition) is 2. The average Bonchev–Trinajstić information content (AvgIpc) is 2.87. The van der Waals surface area contributed by atoms with E-state index < -0.39 is 11.9 Å². The first-order valence-corrected chi connectivity index (χ1v) is 7.35. The minimum absolute atomic E-state index is 0.0992. The van der Waals surface area contributed by atoms with Crippen LogP contribution in [0.1, 0.15) is 13.3 Å². The highest BCUT2D eigenvalue weighted by Crippen LogP contribution is 2.25. The van der Waals surface area contributed by atoms with Crippen LogP contribution in [0.5, 0.6) is 0 Å². The summed E-state index contributed by atoms with van der Waals surface area (Å²) in [5, 5.41) is 9.57. The van der Waals surface area contributed by atoms with Crippen molar-refractivity contribution in [1.82, 2.24) is 4.90 Å². The summed E-state index contributed by atoms with van der Waals surface area (Å²) in [6, 6.07) is 4.36. The van der Waals surface area contributed by atoms with Gasteiger partial charge in [-0.25, -0.2) is 9.18 Å². The van der Waals surface area contributed by atoms with Crippen LogP contribution in [0.25, 0.3) is 0 Å². The molecule has 20 heavy (non-hydrogen) atoms. The maximum Gasteiger partial charge on any atom is 0.324 e. The van der Waals surface area contributed by atoms with E-state index in [9.17, 15) is 14.3 Å². The first kappa shape index (κ1) is 15.3. The Hall–Kier alpha value is -1.14. The van der Waals surface area contributed by atoms with Crippen LogP contribution in [0.2, 0.25) is 0 Å². The van der Waals surface area contributed by atoms with Crippen LogP contribution in [0.3, 0.4) is 0 Å². The van der Waals surface area contributed by atoms with Gasteiger partial charge < -0.3 is 10.0 Å². The molecular formula is C14H18BrFN2O2. The summed E-state index contributed by atoms with van der Waals surface area (Å²) < 4.78 is 14.5. The second-order valence-corrected chi connectivity index (χ2v) is 6.09. The highest BCUT2D eigenvalue weighted by Gasteiger charge is 2.31. The Kier molecular flexibility index (Phi) is 4.65. The molecule has 0 spiro atoms. The van der Waals surface area contributed by atoms with E-state index in [0.717, 1.165) is 6.42 Å². The molecule has 110 valence electrons. The lowest BCUT2D eigenvalue weighted by molar-refractivity contribution is 0.129. The molecule has 1 aromatic rings. The van der Waals surface area contributed by atoms with E-state index in [0.29, 0.717) is 17.6 Å². The van der Waals surface area contributed by atoms with Gasteiger partial charge in [-0.15, -0.1) is 0 Å². The molecule has 4 nitrogen and oxygen atoms in total. The maximum absolute atomic E-state index is 13.9. The second kappa shape index (κ2) is 6.10. The summed E-state index contributed by atoms with van der Waals surface area (Å²) in [5.41, 5.74) is 0.249. The van der Waals surface area contributed by atoms with Crippen molar-refractivity contribution >= 4 is 27.6 Å². The number of hydrogen-bond donors (Lipinski definition) is 1. The van der Waals surface area contributed by atoms with E-state index >= 15 is 0 Å². The zero-order chi connectivity index (χ0) is 14.9. The normalized spacial score (nSPS) is 20.1. The Labute approximate surface area is 126 Å². The predicted octanol–water partition coefficient (Wildman–Crippen LogP) is 2.85. The van der Waals surface area contributed by atoms with E-state index in [-0.39, 0.29) is 17.6 Å². The fraction of sp³-hybridized carbons (Fsp3) is 0.500. The van der Waals surface area contributed by atoms with E-state index in [4.69, 9.17) is 0 Å². The van der Waals surface area contributed by atoms with Crippen LogP contribution in [-0.4, -0.2) is 42.3 Å². The van der Waals surface area contributed by atoms with Gasteiger partial charge in [0.05, 0.1) is 11.8 Å². The minimum Gasteiger partial charge on any atom is -0.393 e. The Morgan fingerprint density at radius 1 is 1.60 bits per heavy atom. The average molecular weight is 345 g/mol. The fourth-order valence-electron chi connectivity index (χ4n) is 2.42. The number of urea groups is 1. The monoisotopic (exact) mass is 344 g/mol. The molecule has 0 saturated carbocycles. The molecule has 2 rings (SSSR count). The van der Waals surface area contributed by atoms with Crippen LogP contribution in [0.15, 0.2) is 22.7 Å². The smallest absolute Gasteiger partial charge is 0.324 e. The largest absolute Gasteiger partial charge is 0.393 e. The third-order valence-electron chi connectivity index (χ3n) is 3.74. The molecule has 1 N–H and O–H groups in total. The number of carbonyl (C=O) groups excluding carboxylic acids is 1. The molecule has 0 aliphatic carbocycles. The molecule has 0 aromatic heterocycles. The van der Waals surface area contributed by atoms with Gasteiger partial charge in [0.2, 0.25) is 0 Å². The molecule has 1 saturated heterocycles. The van der Waals surface area contributed by atoms with Gasteiger partial charge in [-0.1, -0.05) is 15.9 Å². The van der Waals surface area contributed by atoms with Gasteiger partial charge in [-0.3, -0.25) is 4.90 Å². The summed E-state index contributed by atoms with van der Waals surface area (Å²) in [4.78, 5) is 15.3. The maximum atomic E-state index is 13.9. The SMILES string of the molecule is C[C@H](O)[C@@H]1CCN(C(=O)N(C)c2ccc(Br)cc2F)C1. The Morgan fingerprint density at radius 3 is 2.85 bits per heavy atom. The number of aliphatic hydroxyl groups is 1. The number of carbonyl (C=O) groups is 1. The molecule has 2 amide bonds. The molecule has 1 heterocycles. The number of nitrogens with zero attached hydrogens (tertiary/aromatic N) is 2. The van der Waals surface area contributed by atoms with Crippen LogP contribution >= 0.6 is 15.9 Å². The van der Waals surface area contributed by atoms with Gasteiger partial charge in [0.25, 0.3) is 0 Å². The van der Waals surface area contributed by atoms with Crippen molar-refractivity contribution in [2.75, 3.05) is 25.0 Å². The van der Waals surface area contributed by atoms with Crippen molar-refractivity contribution < 1.29 is 14.3 Å². The highest BCUT2D eigenvalue weighted by molar-refractivity contribution is 9.10. The Balaban J connectivity index is 2.09. The number of rotatable bonds is 2. The predicted molar refractivity (Wildman–Crippen MR) is 79.3 cm³/mol. The number of aliphatic hydroxyl groups excluding tert-OH is 1. The van der Waals surface area contributed by atoms with Gasteiger partial charge in [0.1, 0.15) is 5.82 Å². The van der Waals surface area contributed by atoms with Crippen LogP contribution in [-0.2, 0) is 0 Å². The summed E-state index contributed by atoms with van der Waals surface area (Å²) in [5.74, 6) is -0.344. The molecule has 0 unspecified atom stereocenters. The third-order valence-corrected chi connectivity index (χ3v) is 4.23. The third kappa shape index (κ3) is 3.12. The van der Waals surface area contributed by atoms with Gasteiger partial charge in [0, 0.05) is 30.5 Å². The topological polar surface area (TPSA) is 43.8 Å². The quantitative estimate of drug-likeness (QED) is 0.896. The van der Waals surface area contributed by atoms with Crippen LogP contribution in [0.4, 0.5) is 14.9 Å². The van der Waals surface area contributed by atoms with E-state index in [1.165, 1.54) is 11.0 Å². The minimum atomic E-state index is -0.443. The van der Waals surface area contributed by atoms with Crippen molar-refractivity contribution in [3.05, 3.63) is 28.5 Å². The van der Waals surface area contributed by atoms with E-state index in [1.54, 1.807) is 31.0 Å². The number of anilines is 1. The Bertz CT molecular complexity index is 510. The van der Waals surface area contributed by atoms with Crippen molar-refractivity contribution in [2.45, 2.75) is 19.4 Å². The van der Waals surface area contributed by atoms with Gasteiger partial charge in [-0.05, 0) is 31.5 Å². The molecule has 1 aliphatic heterocycles. The lowest BCUT2D eigenvalue weighted by atomic mass is 10.0. The molecule has 0 radical (unpaired) electrons. The summed E-state index contributed by atoms with van der Waals surface area (Å²) in [7, 11) is 1.56. The van der Waals surface area contributed by atoms with Crippen LogP contribution < -0.4 is 4.90 Å². The van der Waals surface area contributed by atoms with Crippen molar-refractivity contribution in [3.8, 4) is 0 Å². The standard InChI is InChI=1S/C14H18BrFN2O2/c1-9(19)10-5-6-18(8-10)14(20)17(2)13-4-3-11(15)7-12(13)16/h3-4,7,9-10,19H,5-6,8H2,1-2H3/t9-,10+/m0/s1. The number of benzene rings is 1. The number of halogens is 2. The molecule has 2 atom stereocenters. The van der Waals surface area contributed by atoms with Crippen LogP contribution in [0, 0.1) is 11.7 Å². The fourth-order valence-corrected chi connectivity index (χ4v) is 2.76. The lowest BCUT2D eigenvalue weighted by Crippen LogP contribution is -2.40. The molecule has 1 fully saturated rings. The number of likely N-dealkylation sites (tertiary alicyclic amines) is 1. The summed E-state index contributed by atoms with van der Waals surface area (Å²) >= 11 is 3.19. The van der Waals surface area contributed by atoms with Gasteiger partial charge in [-0.2, -0.15) is 0 Å². The van der Waals surface area contributed by atoms with Crippen molar-refractivity contribution in [1.29, 1.82) is 0 Å². The molecule has 1 aliphatic rings. The van der Waals surface area contributed by atoms with Crippen molar-refractivity contribution in [2.24, 2.45) is 5.92 Å². The first-order chi connectivity index (χ1) is 9.40. The van der Waals surface area contributed by atoms with Gasteiger partial charge in [0.15, 0.2) is 0 Å². The van der Waals surface area contributed by atoms with E-state index in [2.05, 4.69) is 15.9 Å². The second-order valence-electron chi connectivity index (χ2n) is 5.17. The highest BCUT2D eigenvalue weighted by atomic mass is 79.9. The zero-order valence-corrected chi connectivity index (χ0v) is 13.1. The van der Waals surface area contributed by atoms with Crippen molar-refractivity contribution in [3.63, 3.8) is 0 Å². The number of amides is 2. The van der Waals surface area contributed by atoms with E-state index in [1.807, 2.05) is 0 Å². The lowest BCUT2D eigenvalue weighted by Gasteiger charge is -2.25. The first-order valence-electron chi connectivity index (χ1n) is 6.56. The molecule has 1 aromatic carbocycles. The Morgan fingerprint density at radius 2 is 2.30 bits per heavy atom. The summed E-state index contributed by atoms with van der Waals surface area (Å²) in [6.45, 7) is 2.84.